The Bertz CT molecular complexity index is 1930. The highest BCUT2D eigenvalue weighted by atomic mass is 16.5. The zero-order valence-corrected chi connectivity index (χ0v) is 25.5. The molecule has 5 aromatic rings. The van der Waals surface area contributed by atoms with E-state index in [1.54, 1.807) is 23.1 Å². The number of tetrazole rings is 1. The average Bonchev–Trinajstić information content (AvgIpc) is 3.80. The van der Waals surface area contributed by atoms with E-state index in [1.807, 2.05) is 41.3 Å². The van der Waals surface area contributed by atoms with Crippen molar-refractivity contribution in [1.29, 1.82) is 0 Å². The van der Waals surface area contributed by atoms with E-state index in [-0.39, 0.29) is 5.56 Å². The molecular formula is C31H31N11O5. The fraction of sp³-hybridized carbons (Fsp3) is 0.290. The predicted octanol–water partition coefficient (Wildman–Crippen LogP) is 1.94. The number of aromatic nitrogens is 7. The molecule has 7 rings (SSSR count). The van der Waals surface area contributed by atoms with Crippen molar-refractivity contribution in [3.63, 3.8) is 0 Å². The summed E-state index contributed by atoms with van der Waals surface area (Å²) in [5.74, 6) is 0.213. The zero-order valence-electron chi connectivity index (χ0n) is 25.5. The predicted molar refractivity (Wildman–Crippen MR) is 170 cm³/mol. The third-order valence-electron chi connectivity index (χ3n) is 8.56. The van der Waals surface area contributed by atoms with Crippen molar-refractivity contribution in [1.82, 2.24) is 45.0 Å². The van der Waals surface area contributed by atoms with Crippen LogP contribution in [0.5, 0.6) is 5.75 Å². The van der Waals surface area contributed by atoms with Gasteiger partial charge in [0.05, 0.1) is 35.5 Å². The first-order valence-electron chi connectivity index (χ1n) is 15.1. The van der Waals surface area contributed by atoms with Gasteiger partial charge in [-0.3, -0.25) is 14.6 Å². The Morgan fingerprint density at radius 1 is 0.872 bits per heavy atom. The van der Waals surface area contributed by atoms with Crippen LogP contribution in [0.1, 0.15) is 10.4 Å². The summed E-state index contributed by atoms with van der Waals surface area (Å²) in [7, 11) is 1.50. The number of ether oxygens (including phenoxy) is 1. The van der Waals surface area contributed by atoms with Crippen LogP contribution in [0.15, 0.2) is 61.1 Å². The van der Waals surface area contributed by atoms with Gasteiger partial charge in [-0.2, -0.15) is 4.68 Å². The summed E-state index contributed by atoms with van der Waals surface area (Å²) in [4.78, 5) is 57.6. The van der Waals surface area contributed by atoms with Gasteiger partial charge in [0.2, 0.25) is 0 Å². The van der Waals surface area contributed by atoms with Crippen molar-refractivity contribution in [2.45, 2.75) is 0 Å². The molecule has 16 nitrogen and oxygen atoms in total. The first-order chi connectivity index (χ1) is 22.9. The van der Waals surface area contributed by atoms with Gasteiger partial charge < -0.3 is 34.4 Å². The summed E-state index contributed by atoms with van der Waals surface area (Å²) < 4.78 is 7.12. The number of piperazine rings is 2. The fourth-order valence-corrected chi connectivity index (χ4v) is 6.03. The Labute approximate surface area is 268 Å². The van der Waals surface area contributed by atoms with E-state index >= 15 is 0 Å². The number of hydrogen-bond acceptors (Lipinski definition) is 11. The minimum Gasteiger partial charge on any atom is -0.494 e. The van der Waals surface area contributed by atoms with E-state index < -0.39 is 17.8 Å². The molecule has 4 aromatic heterocycles. The number of fused-ring (bicyclic) bond motifs is 1. The Balaban J connectivity index is 1.07. The number of benzene rings is 1. The van der Waals surface area contributed by atoms with Crippen molar-refractivity contribution in [3.8, 4) is 22.8 Å². The molecule has 2 aliphatic rings. The second-order valence-electron chi connectivity index (χ2n) is 11.1. The smallest absolute Gasteiger partial charge is 0.407 e. The van der Waals surface area contributed by atoms with Gasteiger partial charge in [0.1, 0.15) is 5.75 Å². The molecule has 2 amide bonds. The molecule has 0 radical (unpaired) electrons. The van der Waals surface area contributed by atoms with Crippen molar-refractivity contribution < 1.29 is 24.2 Å². The van der Waals surface area contributed by atoms with Crippen LogP contribution in [-0.4, -0.2) is 127 Å². The van der Waals surface area contributed by atoms with Crippen LogP contribution >= 0.6 is 0 Å². The van der Waals surface area contributed by atoms with E-state index in [2.05, 4.69) is 35.4 Å². The lowest BCUT2D eigenvalue weighted by Gasteiger charge is -2.34. The summed E-state index contributed by atoms with van der Waals surface area (Å²) in [5.41, 5.74) is 3.18. The van der Waals surface area contributed by atoms with Crippen LogP contribution in [0.3, 0.4) is 0 Å². The summed E-state index contributed by atoms with van der Waals surface area (Å²) in [6.07, 6.45) is 3.84. The number of rotatable bonds is 7. The molecule has 6 heterocycles. The van der Waals surface area contributed by atoms with Crippen LogP contribution in [0, 0.1) is 0 Å². The molecule has 16 heteroatoms. The van der Waals surface area contributed by atoms with Gasteiger partial charge in [-0.05, 0) is 34.7 Å². The number of carboxylic acid groups (broad SMARTS) is 1. The third-order valence-corrected chi connectivity index (χ3v) is 8.56. The molecule has 2 saturated heterocycles. The number of nitrogens with zero attached hydrogens (tertiary/aromatic N) is 10. The number of carbonyl (C=O) groups is 3. The van der Waals surface area contributed by atoms with E-state index in [1.165, 1.54) is 23.1 Å². The Hall–Kier alpha value is -6.06. The Morgan fingerprint density at radius 2 is 1.60 bits per heavy atom. The minimum atomic E-state index is -0.903. The van der Waals surface area contributed by atoms with Crippen LogP contribution in [-0.2, 0) is 4.79 Å². The molecule has 1 aromatic carbocycles. The molecule has 0 spiro atoms. The quantitative estimate of drug-likeness (QED) is 0.196. The first kappa shape index (κ1) is 29.6. The number of pyridine rings is 2. The highest BCUT2D eigenvalue weighted by Crippen LogP contribution is 2.35. The van der Waals surface area contributed by atoms with E-state index in [0.717, 1.165) is 11.3 Å². The number of nitrogens with one attached hydrogen (secondary N) is 1. The maximum Gasteiger partial charge on any atom is 0.407 e. The molecule has 240 valence electrons. The van der Waals surface area contributed by atoms with Gasteiger partial charge in [0, 0.05) is 76.0 Å². The second-order valence-corrected chi connectivity index (χ2v) is 11.1. The molecule has 0 atom stereocenters. The van der Waals surface area contributed by atoms with Crippen LogP contribution in [0.4, 0.5) is 16.4 Å². The number of Topliss-reactive ketones (excluding diaryl/α,β-unsaturated/α-hetero) is 1. The van der Waals surface area contributed by atoms with E-state index in [4.69, 9.17) is 4.74 Å². The molecular weight excluding hydrogens is 606 g/mol. The highest BCUT2D eigenvalue weighted by molar-refractivity contribution is 6.45. The molecule has 0 unspecified atom stereocenters. The molecule has 2 aliphatic heterocycles. The number of ketones is 1. The number of carbonyl (C=O) groups excluding carboxylic acids is 2. The molecule has 0 saturated carbocycles. The van der Waals surface area contributed by atoms with Gasteiger partial charge in [-0.15, -0.1) is 0 Å². The van der Waals surface area contributed by atoms with Crippen molar-refractivity contribution >= 4 is 40.3 Å². The van der Waals surface area contributed by atoms with Gasteiger partial charge in [-0.25, -0.2) is 9.78 Å². The van der Waals surface area contributed by atoms with Crippen LogP contribution in [0.25, 0.3) is 28.0 Å². The lowest BCUT2D eigenvalue weighted by atomic mass is 10.0. The average molecular weight is 638 g/mol. The molecule has 2 N–H and O–H groups in total. The Morgan fingerprint density at radius 3 is 2.28 bits per heavy atom. The van der Waals surface area contributed by atoms with Crippen molar-refractivity contribution in [3.05, 3.63) is 66.6 Å². The minimum absolute atomic E-state index is 0.208. The number of methoxy groups -OCH3 is 1. The summed E-state index contributed by atoms with van der Waals surface area (Å²) in [6.45, 7) is 3.58. The number of amides is 2. The van der Waals surface area contributed by atoms with Crippen LogP contribution in [0.2, 0.25) is 0 Å². The summed E-state index contributed by atoms with van der Waals surface area (Å²) in [6, 6.07) is 13.3. The standard InChI is InChI=1S/C31H31N11O5/c1-47-23-19-34-26(20-5-7-21(8-6-20)38-10-16-41(17-11-38)31(45)46)27-25(23)22(18-33-27)28(43)29(44)39-12-14-40(15-13-39)30-35-36-37-42(30)24-4-2-3-9-32-24/h2-9,18-19,33H,10-17H2,1H3,(H,45,46). The van der Waals surface area contributed by atoms with Crippen molar-refractivity contribution in [2.75, 3.05) is 69.3 Å². The van der Waals surface area contributed by atoms with E-state index in [9.17, 15) is 19.5 Å². The fourth-order valence-electron chi connectivity index (χ4n) is 6.03. The van der Waals surface area contributed by atoms with Crippen LogP contribution < -0.4 is 14.5 Å². The monoisotopic (exact) mass is 637 g/mol. The lowest BCUT2D eigenvalue weighted by Crippen LogP contribution is -2.51. The molecule has 47 heavy (non-hydrogen) atoms. The zero-order chi connectivity index (χ0) is 32.5. The number of H-pyrrole nitrogens is 1. The van der Waals surface area contributed by atoms with Gasteiger partial charge in [-0.1, -0.05) is 23.3 Å². The highest BCUT2D eigenvalue weighted by Gasteiger charge is 2.31. The SMILES string of the molecule is COc1cnc(-c2ccc(N3CCN(C(=O)O)CC3)cc2)c2[nH]cc(C(=O)C(=O)N3CCN(c4nnnn4-c4ccccn4)CC3)c12. The maximum absolute atomic E-state index is 13.7. The Kier molecular flexibility index (Phi) is 7.81. The topological polar surface area (TPSA) is 179 Å². The van der Waals surface area contributed by atoms with Gasteiger partial charge in [0.25, 0.3) is 17.6 Å². The normalized spacial score (nSPS) is 15.3. The van der Waals surface area contributed by atoms with E-state index in [0.29, 0.717) is 86.5 Å². The molecule has 0 aliphatic carbocycles. The second kappa shape index (κ2) is 12.4. The summed E-state index contributed by atoms with van der Waals surface area (Å²) in [5, 5.41) is 21.7. The lowest BCUT2D eigenvalue weighted by molar-refractivity contribution is -0.126. The largest absolute Gasteiger partial charge is 0.494 e. The third kappa shape index (κ3) is 5.53. The number of aromatic amines is 1. The molecule has 0 bridgehead atoms. The van der Waals surface area contributed by atoms with Gasteiger partial charge >= 0.3 is 6.09 Å². The maximum atomic E-state index is 13.7. The summed E-state index contributed by atoms with van der Waals surface area (Å²) >= 11 is 0. The van der Waals surface area contributed by atoms with Crippen molar-refractivity contribution in [2.24, 2.45) is 0 Å². The first-order valence-corrected chi connectivity index (χ1v) is 15.1. The number of anilines is 2. The number of hydrogen-bond donors (Lipinski definition) is 2. The van der Waals surface area contributed by atoms with Gasteiger partial charge in [0.15, 0.2) is 5.82 Å². The molecule has 2 fully saturated rings.